The van der Waals surface area contributed by atoms with Gasteiger partial charge in [0.1, 0.15) is 0 Å². The molecule has 1 unspecified atom stereocenters. The SMILES string of the molecule is CC(CC(=O)Nc1cccc(Cl)c1Cl)CC(=O)NC1CCCCC1. The lowest BCUT2D eigenvalue weighted by atomic mass is 9.95. The third-order valence-corrected chi connectivity index (χ3v) is 5.08. The minimum atomic E-state index is -0.169. The van der Waals surface area contributed by atoms with Crippen LogP contribution in [0.4, 0.5) is 5.69 Å². The average Bonchev–Trinajstić information content (AvgIpc) is 2.52. The van der Waals surface area contributed by atoms with Crippen molar-refractivity contribution in [2.24, 2.45) is 5.92 Å². The molecule has 0 bridgehead atoms. The Kier molecular flexibility index (Phi) is 7.38. The molecule has 0 aliphatic heterocycles. The highest BCUT2D eigenvalue weighted by Gasteiger charge is 2.19. The molecule has 6 heteroatoms. The van der Waals surface area contributed by atoms with Crippen LogP contribution in [0.5, 0.6) is 0 Å². The minimum Gasteiger partial charge on any atom is -0.353 e. The molecule has 0 aromatic heterocycles. The molecule has 2 N–H and O–H groups in total. The second-order valence-electron chi connectivity index (χ2n) is 6.57. The number of rotatable bonds is 6. The Hall–Kier alpha value is -1.26. The van der Waals surface area contributed by atoms with Gasteiger partial charge in [-0.2, -0.15) is 0 Å². The smallest absolute Gasteiger partial charge is 0.224 e. The van der Waals surface area contributed by atoms with Crippen LogP contribution in [-0.4, -0.2) is 17.9 Å². The van der Waals surface area contributed by atoms with Gasteiger partial charge in [0.2, 0.25) is 11.8 Å². The average molecular weight is 371 g/mol. The van der Waals surface area contributed by atoms with Gasteiger partial charge in [-0.25, -0.2) is 0 Å². The lowest BCUT2D eigenvalue weighted by Crippen LogP contribution is -2.37. The van der Waals surface area contributed by atoms with Crippen LogP contribution in [0.1, 0.15) is 51.9 Å². The first-order valence-corrected chi connectivity index (χ1v) is 9.24. The van der Waals surface area contributed by atoms with Crippen LogP contribution < -0.4 is 10.6 Å². The molecule has 1 aromatic carbocycles. The number of carbonyl (C=O) groups is 2. The van der Waals surface area contributed by atoms with Crippen molar-refractivity contribution >= 4 is 40.7 Å². The van der Waals surface area contributed by atoms with Gasteiger partial charge in [-0.15, -0.1) is 0 Å². The van der Waals surface area contributed by atoms with Crippen LogP contribution in [0.25, 0.3) is 0 Å². The van der Waals surface area contributed by atoms with E-state index in [2.05, 4.69) is 10.6 Å². The Balaban J connectivity index is 1.76. The van der Waals surface area contributed by atoms with Gasteiger partial charge < -0.3 is 10.6 Å². The normalized spacial score (nSPS) is 16.5. The van der Waals surface area contributed by atoms with Crippen molar-refractivity contribution in [3.05, 3.63) is 28.2 Å². The summed E-state index contributed by atoms with van der Waals surface area (Å²) in [7, 11) is 0. The summed E-state index contributed by atoms with van der Waals surface area (Å²) in [5, 5.41) is 6.56. The summed E-state index contributed by atoms with van der Waals surface area (Å²) in [6.45, 7) is 1.90. The summed E-state index contributed by atoms with van der Waals surface area (Å²) in [5.41, 5.74) is 0.494. The molecular formula is C18H24Cl2N2O2. The molecule has 24 heavy (non-hydrogen) atoms. The van der Waals surface area contributed by atoms with Gasteiger partial charge in [-0.1, -0.05) is 55.5 Å². The van der Waals surface area contributed by atoms with Crippen LogP contribution in [-0.2, 0) is 9.59 Å². The topological polar surface area (TPSA) is 58.2 Å². The number of nitrogens with one attached hydrogen (secondary N) is 2. The summed E-state index contributed by atoms with van der Waals surface area (Å²) in [4.78, 5) is 24.2. The molecule has 1 fully saturated rings. The summed E-state index contributed by atoms with van der Waals surface area (Å²) >= 11 is 12.0. The zero-order valence-electron chi connectivity index (χ0n) is 13.9. The molecule has 132 valence electrons. The van der Waals surface area contributed by atoms with Crippen LogP contribution >= 0.6 is 23.2 Å². The van der Waals surface area contributed by atoms with E-state index >= 15 is 0 Å². The van der Waals surface area contributed by atoms with E-state index in [1.165, 1.54) is 19.3 Å². The molecule has 0 spiro atoms. The van der Waals surface area contributed by atoms with Gasteiger partial charge in [0.05, 0.1) is 15.7 Å². The van der Waals surface area contributed by atoms with E-state index in [0.29, 0.717) is 28.2 Å². The predicted octanol–water partition coefficient (Wildman–Crippen LogP) is 4.80. The van der Waals surface area contributed by atoms with Crippen molar-refractivity contribution in [1.82, 2.24) is 5.32 Å². The van der Waals surface area contributed by atoms with E-state index in [0.717, 1.165) is 12.8 Å². The maximum absolute atomic E-state index is 12.1. The summed E-state index contributed by atoms with van der Waals surface area (Å²) < 4.78 is 0. The molecule has 1 aliphatic rings. The molecule has 1 aromatic rings. The maximum atomic E-state index is 12.1. The van der Waals surface area contributed by atoms with Gasteiger partial charge in [-0.3, -0.25) is 9.59 Å². The fraction of sp³-hybridized carbons (Fsp3) is 0.556. The number of amides is 2. The zero-order valence-corrected chi connectivity index (χ0v) is 15.4. The van der Waals surface area contributed by atoms with E-state index < -0.39 is 0 Å². The maximum Gasteiger partial charge on any atom is 0.224 e. The molecule has 2 rings (SSSR count). The molecule has 1 saturated carbocycles. The number of hydrogen-bond donors (Lipinski definition) is 2. The van der Waals surface area contributed by atoms with Crippen LogP contribution in [0.3, 0.4) is 0 Å². The number of hydrogen-bond acceptors (Lipinski definition) is 2. The Morgan fingerprint density at radius 2 is 1.79 bits per heavy atom. The largest absolute Gasteiger partial charge is 0.353 e. The standard InChI is InChI=1S/C18H24Cl2N2O2/c1-12(10-16(23)21-13-6-3-2-4-7-13)11-17(24)22-15-9-5-8-14(19)18(15)20/h5,8-9,12-13H,2-4,6-7,10-11H2,1H3,(H,21,23)(H,22,24). The van der Waals surface area contributed by atoms with Crippen LogP contribution in [0.2, 0.25) is 10.0 Å². The Labute approximate surface area is 153 Å². The summed E-state index contributed by atoms with van der Waals surface area (Å²) in [6.07, 6.45) is 6.37. The van der Waals surface area contributed by atoms with E-state index in [-0.39, 0.29) is 24.2 Å². The molecule has 1 aliphatic carbocycles. The third kappa shape index (κ3) is 5.99. The molecule has 4 nitrogen and oxygen atoms in total. The minimum absolute atomic E-state index is 0.0305. The quantitative estimate of drug-likeness (QED) is 0.755. The van der Waals surface area contributed by atoms with Crippen molar-refractivity contribution in [2.45, 2.75) is 57.9 Å². The highest BCUT2D eigenvalue weighted by atomic mass is 35.5. The number of carbonyl (C=O) groups excluding carboxylic acids is 2. The second kappa shape index (κ2) is 9.28. The van der Waals surface area contributed by atoms with Gasteiger partial charge >= 0.3 is 0 Å². The Morgan fingerprint density at radius 3 is 2.50 bits per heavy atom. The summed E-state index contributed by atoms with van der Waals surface area (Å²) in [6, 6.07) is 5.40. The predicted molar refractivity (Wildman–Crippen MR) is 98.5 cm³/mol. The van der Waals surface area contributed by atoms with Crippen LogP contribution in [0, 0.1) is 5.92 Å². The fourth-order valence-corrected chi connectivity index (χ4v) is 3.39. The van der Waals surface area contributed by atoms with E-state index in [9.17, 15) is 9.59 Å². The molecule has 1 atom stereocenters. The first kappa shape index (κ1) is 19.1. The van der Waals surface area contributed by atoms with E-state index in [1.54, 1.807) is 18.2 Å². The lowest BCUT2D eigenvalue weighted by Gasteiger charge is -2.23. The van der Waals surface area contributed by atoms with E-state index in [4.69, 9.17) is 23.2 Å². The van der Waals surface area contributed by atoms with Crippen LogP contribution in [0.15, 0.2) is 18.2 Å². The first-order valence-electron chi connectivity index (χ1n) is 8.49. The van der Waals surface area contributed by atoms with Gasteiger partial charge in [-0.05, 0) is 30.9 Å². The molecule has 2 amide bonds. The highest BCUT2D eigenvalue weighted by molar-refractivity contribution is 6.43. The van der Waals surface area contributed by atoms with Crippen molar-refractivity contribution in [3.63, 3.8) is 0 Å². The van der Waals surface area contributed by atoms with Crippen molar-refractivity contribution in [3.8, 4) is 0 Å². The fourth-order valence-electron chi connectivity index (χ4n) is 3.04. The van der Waals surface area contributed by atoms with Crippen molar-refractivity contribution < 1.29 is 9.59 Å². The second-order valence-corrected chi connectivity index (χ2v) is 7.35. The molecular weight excluding hydrogens is 347 g/mol. The Morgan fingerprint density at radius 1 is 1.12 bits per heavy atom. The van der Waals surface area contributed by atoms with Gasteiger partial charge in [0.15, 0.2) is 0 Å². The first-order chi connectivity index (χ1) is 11.5. The molecule has 0 saturated heterocycles. The van der Waals surface area contributed by atoms with Crippen molar-refractivity contribution in [2.75, 3.05) is 5.32 Å². The van der Waals surface area contributed by atoms with E-state index in [1.807, 2.05) is 6.92 Å². The van der Waals surface area contributed by atoms with Crippen molar-refractivity contribution in [1.29, 1.82) is 0 Å². The number of halogens is 2. The lowest BCUT2D eigenvalue weighted by molar-refractivity contribution is -0.123. The number of benzene rings is 1. The monoisotopic (exact) mass is 370 g/mol. The van der Waals surface area contributed by atoms with Gasteiger partial charge in [0.25, 0.3) is 0 Å². The number of anilines is 1. The summed E-state index contributed by atoms with van der Waals surface area (Å²) in [5.74, 6) is -0.174. The zero-order chi connectivity index (χ0) is 17.5. The van der Waals surface area contributed by atoms with Gasteiger partial charge in [0, 0.05) is 18.9 Å². The molecule has 0 heterocycles. The third-order valence-electron chi connectivity index (χ3n) is 4.26. The molecule has 0 radical (unpaired) electrons. The Bertz CT molecular complexity index is 586. The highest BCUT2D eigenvalue weighted by Crippen LogP contribution is 2.29.